The molecule has 4 rings (SSSR count). The second-order valence-electron chi connectivity index (χ2n) is 8.45. The maximum Gasteiger partial charge on any atom is 0.246 e. The molecule has 2 aliphatic heterocycles. The molecule has 2 aliphatic rings. The second kappa shape index (κ2) is 10.7. The van der Waals surface area contributed by atoms with Gasteiger partial charge in [-0.25, -0.2) is 0 Å². The number of carbonyl (C=O) groups excluding carboxylic acids is 2. The fourth-order valence-electron chi connectivity index (χ4n) is 4.26. The van der Waals surface area contributed by atoms with Gasteiger partial charge >= 0.3 is 0 Å². The van der Waals surface area contributed by atoms with Crippen LogP contribution in [-0.4, -0.2) is 89.6 Å². The van der Waals surface area contributed by atoms with E-state index >= 15 is 0 Å². The van der Waals surface area contributed by atoms with Gasteiger partial charge in [0.25, 0.3) is 0 Å². The molecular weight excluding hydrogens is 410 g/mol. The molecule has 9 nitrogen and oxygen atoms in total. The minimum absolute atomic E-state index is 0.00939. The molecule has 1 atom stereocenters. The van der Waals surface area contributed by atoms with Crippen LogP contribution in [0.2, 0.25) is 0 Å². The quantitative estimate of drug-likeness (QED) is 0.615. The molecular formula is C23H31N5O4. The third-order valence-electron chi connectivity index (χ3n) is 6.10. The minimum Gasteiger partial charge on any atom is -0.379 e. The molecule has 0 N–H and O–H groups in total. The highest BCUT2D eigenvalue weighted by Crippen LogP contribution is 2.21. The summed E-state index contributed by atoms with van der Waals surface area (Å²) in [6, 6.07) is 9.58. The van der Waals surface area contributed by atoms with Gasteiger partial charge in [0.15, 0.2) is 0 Å². The first-order valence-electron chi connectivity index (χ1n) is 11.3. The average Bonchev–Trinajstić information content (AvgIpc) is 3.29. The Morgan fingerprint density at radius 2 is 1.97 bits per heavy atom. The van der Waals surface area contributed by atoms with E-state index in [1.165, 1.54) is 0 Å². The number of ether oxygens (including phenoxy) is 1. The Morgan fingerprint density at radius 1 is 1.19 bits per heavy atom. The standard InChI is InChI=1S/C23H31N5O4/c1-26(17-20-24-22(25-32-20)18-6-3-2-4-7-18)23(30)19-8-9-21(29)28(16-19)11-5-10-27-12-14-31-15-13-27/h2-4,6-7,19H,5,8-17H2,1H3/t19-/m1/s1. The van der Waals surface area contributed by atoms with Crippen LogP contribution in [0.1, 0.15) is 25.2 Å². The first-order chi connectivity index (χ1) is 15.6. The number of nitrogens with zero attached hydrogens (tertiary/aromatic N) is 5. The Morgan fingerprint density at radius 3 is 2.75 bits per heavy atom. The zero-order chi connectivity index (χ0) is 22.3. The molecule has 0 spiro atoms. The number of hydrogen-bond acceptors (Lipinski definition) is 7. The summed E-state index contributed by atoms with van der Waals surface area (Å²) < 4.78 is 10.7. The zero-order valence-electron chi connectivity index (χ0n) is 18.6. The number of rotatable bonds is 8. The zero-order valence-corrected chi connectivity index (χ0v) is 18.6. The normalized spacial score (nSPS) is 19.8. The van der Waals surface area contributed by atoms with E-state index in [4.69, 9.17) is 9.26 Å². The van der Waals surface area contributed by atoms with Gasteiger partial charge in [0.1, 0.15) is 0 Å². The number of hydrogen-bond donors (Lipinski definition) is 0. The topological polar surface area (TPSA) is 92.0 Å². The molecule has 2 fully saturated rings. The summed E-state index contributed by atoms with van der Waals surface area (Å²) in [5.74, 6) is 0.862. The molecule has 2 saturated heterocycles. The predicted octanol–water partition coefficient (Wildman–Crippen LogP) is 1.66. The van der Waals surface area contributed by atoms with E-state index in [1.54, 1.807) is 11.9 Å². The maximum atomic E-state index is 13.0. The van der Waals surface area contributed by atoms with E-state index in [1.807, 2.05) is 35.2 Å². The minimum atomic E-state index is -0.197. The predicted molar refractivity (Wildman–Crippen MR) is 117 cm³/mol. The SMILES string of the molecule is CN(Cc1nc(-c2ccccc2)no1)C(=O)[C@@H]1CCC(=O)N(CCCN2CCOCC2)C1. The van der Waals surface area contributed by atoms with Gasteiger partial charge in [-0.15, -0.1) is 0 Å². The molecule has 1 aromatic carbocycles. The van der Waals surface area contributed by atoms with Crippen LogP contribution < -0.4 is 0 Å². The summed E-state index contributed by atoms with van der Waals surface area (Å²) in [6.07, 6.45) is 1.91. The van der Waals surface area contributed by atoms with Crippen LogP contribution in [-0.2, 0) is 20.9 Å². The van der Waals surface area contributed by atoms with E-state index < -0.39 is 0 Å². The third kappa shape index (κ3) is 5.72. The van der Waals surface area contributed by atoms with Crippen molar-refractivity contribution in [3.05, 3.63) is 36.2 Å². The van der Waals surface area contributed by atoms with E-state index in [0.717, 1.165) is 44.8 Å². The summed E-state index contributed by atoms with van der Waals surface area (Å²) in [7, 11) is 1.74. The lowest BCUT2D eigenvalue weighted by molar-refractivity contribution is -0.142. The van der Waals surface area contributed by atoms with Crippen LogP contribution in [0.15, 0.2) is 34.9 Å². The Hall–Kier alpha value is -2.78. The number of piperidine rings is 1. The van der Waals surface area contributed by atoms with Crippen molar-refractivity contribution in [3.8, 4) is 11.4 Å². The first-order valence-corrected chi connectivity index (χ1v) is 11.3. The summed E-state index contributed by atoms with van der Waals surface area (Å²) in [5, 5.41) is 4.02. The summed E-state index contributed by atoms with van der Waals surface area (Å²) >= 11 is 0. The second-order valence-corrected chi connectivity index (χ2v) is 8.45. The van der Waals surface area contributed by atoms with Gasteiger partial charge in [0, 0.05) is 51.8 Å². The van der Waals surface area contributed by atoms with Crippen molar-refractivity contribution in [1.82, 2.24) is 24.8 Å². The molecule has 0 saturated carbocycles. The maximum absolute atomic E-state index is 13.0. The molecule has 3 heterocycles. The lowest BCUT2D eigenvalue weighted by atomic mass is 9.96. The number of morpholine rings is 1. The van der Waals surface area contributed by atoms with Crippen molar-refractivity contribution in [1.29, 1.82) is 0 Å². The number of amides is 2. The van der Waals surface area contributed by atoms with Crippen molar-refractivity contribution in [3.63, 3.8) is 0 Å². The summed E-state index contributed by atoms with van der Waals surface area (Å²) in [6.45, 7) is 5.81. The molecule has 0 unspecified atom stereocenters. The van der Waals surface area contributed by atoms with Gasteiger partial charge in [-0.3, -0.25) is 14.5 Å². The van der Waals surface area contributed by atoms with Crippen molar-refractivity contribution in [2.75, 3.05) is 53.0 Å². The third-order valence-corrected chi connectivity index (χ3v) is 6.10. The number of benzene rings is 1. The van der Waals surface area contributed by atoms with Gasteiger partial charge in [-0.1, -0.05) is 35.5 Å². The lowest BCUT2D eigenvalue weighted by Gasteiger charge is -2.34. The molecule has 0 radical (unpaired) electrons. The Bertz CT molecular complexity index is 897. The molecule has 1 aromatic heterocycles. The molecule has 0 bridgehead atoms. The van der Waals surface area contributed by atoms with E-state index in [9.17, 15) is 9.59 Å². The highest BCUT2D eigenvalue weighted by atomic mass is 16.5. The lowest BCUT2D eigenvalue weighted by Crippen LogP contribution is -2.47. The van der Waals surface area contributed by atoms with Crippen molar-refractivity contribution in [2.24, 2.45) is 5.92 Å². The number of carbonyl (C=O) groups is 2. The molecule has 0 aliphatic carbocycles. The fourth-order valence-corrected chi connectivity index (χ4v) is 4.26. The molecule has 172 valence electrons. The van der Waals surface area contributed by atoms with Crippen LogP contribution in [0, 0.1) is 5.92 Å². The Kier molecular flexibility index (Phi) is 7.49. The number of aromatic nitrogens is 2. The summed E-state index contributed by atoms with van der Waals surface area (Å²) in [5.41, 5.74) is 0.870. The van der Waals surface area contributed by atoms with Crippen LogP contribution in [0.4, 0.5) is 0 Å². The van der Waals surface area contributed by atoms with Gasteiger partial charge < -0.3 is 19.1 Å². The van der Waals surface area contributed by atoms with Crippen molar-refractivity contribution >= 4 is 11.8 Å². The van der Waals surface area contributed by atoms with E-state index in [0.29, 0.717) is 37.6 Å². The number of likely N-dealkylation sites (tertiary alicyclic amines) is 1. The van der Waals surface area contributed by atoms with Gasteiger partial charge in [-0.05, 0) is 12.8 Å². The van der Waals surface area contributed by atoms with Crippen molar-refractivity contribution < 1.29 is 18.8 Å². The van der Waals surface area contributed by atoms with Crippen LogP contribution in [0.3, 0.4) is 0 Å². The largest absolute Gasteiger partial charge is 0.379 e. The van der Waals surface area contributed by atoms with Crippen LogP contribution in [0.25, 0.3) is 11.4 Å². The Balaban J connectivity index is 1.27. The van der Waals surface area contributed by atoms with E-state index in [2.05, 4.69) is 15.0 Å². The van der Waals surface area contributed by atoms with Gasteiger partial charge in [-0.2, -0.15) is 4.98 Å². The van der Waals surface area contributed by atoms with Gasteiger partial charge in [0.2, 0.25) is 23.5 Å². The Labute approximate surface area is 188 Å². The first kappa shape index (κ1) is 22.4. The van der Waals surface area contributed by atoms with Crippen molar-refractivity contribution in [2.45, 2.75) is 25.8 Å². The van der Waals surface area contributed by atoms with Crippen LogP contribution >= 0.6 is 0 Å². The monoisotopic (exact) mass is 441 g/mol. The molecule has 9 heteroatoms. The highest BCUT2D eigenvalue weighted by molar-refractivity contribution is 5.83. The van der Waals surface area contributed by atoms with Crippen LogP contribution in [0.5, 0.6) is 0 Å². The summed E-state index contributed by atoms with van der Waals surface area (Å²) in [4.78, 5) is 35.6. The van der Waals surface area contributed by atoms with Gasteiger partial charge in [0.05, 0.1) is 25.7 Å². The average molecular weight is 442 g/mol. The highest BCUT2D eigenvalue weighted by Gasteiger charge is 2.32. The van der Waals surface area contributed by atoms with E-state index in [-0.39, 0.29) is 24.3 Å². The molecule has 32 heavy (non-hydrogen) atoms. The smallest absolute Gasteiger partial charge is 0.246 e. The molecule has 2 amide bonds. The fraction of sp³-hybridized carbons (Fsp3) is 0.565. The molecule has 2 aromatic rings.